The quantitative estimate of drug-likeness (QED) is 0.809. The van der Waals surface area contributed by atoms with Gasteiger partial charge in [0.05, 0.1) is 17.9 Å². The summed E-state index contributed by atoms with van der Waals surface area (Å²) in [6.45, 7) is 3.36. The lowest BCUT2D eigenvalue weighted by molar-refractivity contribution is -0.128. The fraction of sp³-hybridized carbons (Fsp3) is 0.412. The summed E-state index contributed by atoms with van der Waals surface area (Å²) in [6.07, 6.45) is 0.887. The lowest BCUT2D eigenvalue weighted by Crippen LogP contribution is -2.36. The number of para-hydroxylation sites is 1. The van der Waals surface area contributed by atoms with Gasteiger partial charge >= 0.3 is 5.97 Å². The zero-order valence-electron chi connectivity index (χ0n) is 13.9. The predicted molar refractivity (Wildman–Crippen MR) is 95.7 cm³/mol. The van der Waals surface area contributed by atoms with Crippen molar-refractivity contribution in [3.8, 4) is 0 Å². The van der Waals surface area contributed by atoms with E-state index in [2.05, 4.69) is 10.3 Å². The molecule has 0 radical (unpaired) electrons. The maximum absolute atomic E-state index is 12.4. The highest BCUT2D eigenvalue weighted by molar-refractivity contribution is 8.15. The number of amides is 2. The highest BCUT2D eigenvalue weighted by Crippen LogP contribution is 2.31. The standard InChI is InChI=1S/C17H19N3O4S/c1-2-24-16(23)11-6-3-4-7-12(11)19-14(21)10-13-15(22)20-9-5-8-18-17(20)25-13/h3-4,6-7,13H,2,5,8-10H2,1H3,(H,19,21). The van der Waals surface area contributed by atoms with Crippen molar-refractivity contribution in [2.24, 2.45) is 4.99 Å². The second-order valence-corrected chi connectivity index (χ2v) is 6.80. The molecule has 0 aromatic heterocycles. The number of amidine groups is 1. The molecule has 1 unspecified atom stereocenters. The van der Waals surface area contributed by atoms with E-state index < -0.39 is 11.2 Å². The van der Waals surface area contributed by atoms with Crippen LogP contribution < -0.4 is 5.32 Å². The molecule has 1 fully saturated rings. The topological polar surface area (TPSA) is 88.1 Å². The van der Waals surface area contributed by atoms with E-state index >= 15 is 0 Å². The van der Waals surface area contributed by atoms with E-state index in [0.717, 1.165) is 13.0 Å². The molecule has 1 aromatic rings. The van der Waals surface area contributed by atoms with Crippen molar-refractivity contribution < 1.29 is 19.1 Å². The molecule has 0 aliphatic carbocycles. The minimum atomic E-state index is -0.490. The van der Waals surface area contributed by atoms with Gasteiger partial charge in [0, 0.05) is 19.5 Å². The van der Waals surface area contributed by atoms with Crippen LogP contribution in [0.25, 0.3) is 0 Å². The van der Waals surface area contributed by atoms with Crippen molar-refractivity contribution in [2.75, 3.05) is 25.0 Å². The molecular weight excluding hydrogens is 342 g/mol. The summed E-state index contributed by atoms with van der Waals surface area (Å²) < 4.78 is 4.99. The Morgan fingerprint density at radius 3 is 2.96 bits per heavy atom. The maximum Gasteiger partial charge on any atom is 0.340 e. The Labute approximate surface area is 149 Å². The lowest BCUT2D eigenvalue weighted by atomic mass is 10.1. The van der Waals surface area contributed by atoms with Crippen LogP contribution in [0.15, 0.2) is 29.3 Å². The van der Waals surface area contributed by atoms with Crippen molar-refractivity contribution >= 4 is 40.4 Å². The van der Waals surface area contributed by atoms with Crippen LogP contribution in [0.5, 0.6) is 0 Å². The number of nitrogens with zero attached hydrogens (tertiary/aromatic N) is 2. The van der Waals surface area contributed by atoms with Gasteiger partial charge in [-0.05, 0) is 25.5 Å². The van der Waals surface area contributed by atoms with Crippen molar-refractivity contribution in [1.29, 1.82) is 0 Å². The Morgan fingerprint density at radius 2 is 2.20 bits per heavy atom. The fourth-order valence-corrected chi connectivity index (χ4v) is 3.91. The first-order valence-corrected chi connectivity index (χ1v) is 9.06. The number of carbonyl (C=O) groups is 3. The van der Waals surface area contributed by atoms with Gasteiger partial charge in [0.2, 0.25) is 11.8 Å². The van der Waals surface area contributed by atoms with Gasteiger partial charge in [-0.2, -0.15) is 0 Å². The van der Waals surface area contributed by atoms with Crippen LogP contribution in [0.1, 0.15) is 30.1 Å². The molecule has 132 valence electrons. The second kappa shape index (κ2) is 7.69. The Hall–Kier alpha value is -2.35. The molecule has 0 saturated carbocycles. The number of hydrogen-bond donors (Lipinski definition) is 1. The summed E-state index contributed by atoms with van der Waals surface area (Å²) in [4.78, 5) is 42.7. The molecule has 7 nitrogen and oxygen atoms in total. The number of carbonyl (C=O) groups excluding carboxylic acids is 3. The minimum absolute atomic E-state index is 0.0379. The van der Waals surface area contributed by atoms with Gasteiger partial charge in [-0.1, -0.05) is 23.9 Å². The zero-order valence-corrected chi connectivity index (χ0v) is 14.7. The van der Waals surface area contributed by atoms with Crippen molar-refractivity contribution in [3.63, 3.8) is 0 Å². The third-order valence-electron chi connectivity index (χ3n) is 3.87. The lowest BCUT2D eigenvalue weighted by Gasteiger charge is -2.19. The van der Waals surface area contributed by atoms with Crippen LogP contribution in [0.3, 0.4) is 0 Å². The Bertz CT molecular complexity index is 734. The van der Waals surface area contributed by atoms with Crippen molar-refractivity contribution in [1.82, 2.24) is 4.90 Å². The van der Waals surface area contributed by atoms with E-state index in [1.54, 1.807) is 36.1 Å². The monoisotopic (exact) mass is 361 g/mol. The number of fused-ring (bicyclic) bond motifs is 1. The number of esters is 1. The Kier molecular flexibility index (Phi) is 5.37. The number of rotatable bonds is 5. The zero-order chi connectivity index (χ0) is 17.8. The largest absolute Gasteiger partial charge is 0.462 e. The molecule has 1 aromatic carbocycles. The molecule has 0 spiro atoms. The fourth-order valence-electron chi connectivity index (χ4n) is 2.72. The molecule has 2 amide bonds. The number of hydrogen-bond acceptors (Lipinski definition) is 6. The summed E-state index contributed by atoms with van der Waals surface area (Å²) in [5.74, 6) is -0.878. The minimum Gasteiger partial charge on any atom is -0.462 e. The van der Waals surface area contributed by atoms with Crippen LogP contribution in [0.4, 0.5) is 5.69 Å². The molecule has 2 heterocycles. The predicted octanol–water partition coefficient (Wildman–Crippen LogP) is 1.90. The molecule has 3 rings (SSSR count). The normalized spacial score (nSPS) is 19.2. The number of thioether (sulfide) groups is 1. The van der Waals surface area contributed by atoms with E-state index in [4.69, 9.17) is 4.74 Å². The summed E-state index contributed by atoms with van der Waals surface area (Å²) in [6, 6.07) is 6.66. The first-order chi connectivity index (χ1) is 12.1. The molecule has 25 heavy (non-hydrogen) atoms. The molecule has 2 aliphatic heterocycles. The van der Waals surface area contributed by atoms with Gasteiger partial charge in [0.1, 0.15) is 5.25 Å². The van der Waals surface area contributed by atoms with Gasteiger partial charge in [-0.15, -0.1) is 0 Å². The number of benzene rings is 1. The van der Waals surface area contributed by atoms with Crippen LogP contribution in [-0.4, -0.2) is 52.8 Å². The van der Waals surface area contributed by atoms with Gasteiger partial charge in [0.25, 0.3) is 0 Å². The van der Waals surface area contributed by atoms with Crippen LogP contribution in [0, 0.1) is 0 Å². The first kappa shape index (κ1) is 17.5. The average molecular weight is 361 g/mol. The number of aliphatic imine (C=N–C) groups is 1. The smallest absolute Gasteiger partial charge is 0.340 e. The maximum atomic E-state index is 12.4. The second-order valence-electron chi connectivity index (χ2n) is 5.63. The van der Waals surface area contributed by atoms with Crippen molar-refractivity contribution in [2.45, 2.75) is 25.0 Å². The highest BCUT2D eigenvalue weighted by atomic mass is 32.2. The number of ether oxygens (including phenoxy) is 1. The third-order valence-corrected chi connectivity index (χ3v) is 5.09. The van der Waals surface area contributed by atoms with E-state index in [1.807, 2.05) is 0 Å². The first-order valence-electron chi connectivity index (χ1n) is 8.18. The van der Waals surface area contributed by atoms with Gasteiger partial charge < -0.3 is 10.1 Å². The molecule has 8 heteroatoms. The Balaban J connectivity index is 1.66. The van der Waals surface area contributed by atoms with Crippen LogP contribution in [-0.2, 0) is 14.3 Å². The van der Waals surface area contributed by atoms with Crippen molar-refractivity contribution in [3.05, 3.63) is 29.8 Å². The molecule has 2 aliphatic rings. The van der Waals surface area contributed by atoms with Gasteiger partial charge in [0.15, 0.2) is 5.17 Å². The van der Waals surface area contributed by atoms with E-state index in [1.165, 1.54) is 11.8 Å². The Morgan fingerprint density at radius 1 is 1.40 bits per heavy atom. The van der Waals surface area contributed by atoms with E-state index in [9.17, 15) is 14.4 Å². The molecule has 1 N–H and O–H groups in total. The van der Waals surface area contributed by atoms with Crippen LogP contribution in [0.2, 0.25) is 0 Å². The van der Waals surface area contributed by atoms with E-state index in [-0.39, 0.29) is 24.8 Å². The molecular formula is C17H19N3O4S. The summed E-state index contributed by atoms with van der Waals surface area (Å²) in [7, 11) is 0. The van der Waals surface area contributed by atoms with Crippen LogP contribution >= 0.6 is 11.8 Å². The summed E-state index contributed by atoms with van der Waals surface area (Å²) >= 11 is 1.33. The van der Waals surface area contributed by atoms with Gasteiger partial charge in [-0.3, -0.25) is 19.5 Å². The average Bonchev–Trinajstić information content (AvgIpc) is 2.91. The number of nitrogens with one attached hydrogen (secondary N) is 1. The van der Waals surface area contributed by atoms with Gasteiger partial charge in [-0.25, -0.2) is 4.79 Å². The molecule has 0 bridgehead atoms. The molecule has 1 saturated heterocycles. The SMILES string of the molecule is CCOC(=O)c1ccccc1NC(=O)CC1SC2=NCCCN2C1=O. The number of anilines is 1. The summed E-state index contributed by atoms with van der Waals surface area (Å²) in [5, 5.41) is 2.96. The third kappa shape index (κ3) is 3.84. The molecule has 1 atom stereocenters. The highest BCUT2D eigenvalue weighted by Gasteiger charge is 2.39. The summed E-state index contributed by atoms with van der Waals surface area (Å²) in [5.41, 5.74) is 0.682. The van der Waals surface area contributed by atoms with E-state index in [0.29, 0.717) is 23.0 Å².